The molecule has 3 aromatic rings. The largest absolute Gasteiger partial charge is 0.388 e. The predicted octanol–water partition coefficient (Wildman–Crippen LogP) is 1.25. The van der Waals surface area contributed by atoms with Crippen LogP contribution in [-0.2, 0) is 0 Å². The lowest BCUT2D eigenvalue weighted by Gasteiger charge is -2.07. The first-order chi connectivity index (χ1) is 10.1. The van der Waals surface area contributed by atoms with Crippen LogP contribution in [0.5, 0.6) is 0 Å². The van der Waals surface area contributed by atoms with Gasteiger partial charge in [0, 0.05) is 18.9 Å². The average molecular weight is 286 g/mol. The Kier molecular flexibility index (Phi) is 3.02. The van der Waals surface area contributed by atoms with Gasteiger partial charge in [-0.1, -0.05) is 0 Å². The van der Waals surface area contributed by atoms with Crippen molar-refractivity contribution in [2.24, 2.45) is 0 Å². The first-order valence-electron chi connectivity index (χ1n) is 6.19. The number of nitrogens with zero attached hydrogens (tertiary/aromatic N) is 2. The summed E-state index contributed by atoms with van der Waals surface area (Å²) in [5, 5.41) is 3.19. The Morgan fingerprint density at radius 1 is 1.29 bits per heavy atom. The Labute approximate surface area is 117 Å². The molecule has 2 heterocycles. The predicted molar refractivity (Wildman–Crippen MR) is 77.5 cm³/mol. The molecule has 1 aromatic carbocycles. The molecule has 0 aliphatic rings. The maximum absolute atomic E-state index is 13.8. The van der Waals surface area contributed by atoms with Crippen molar-refractivity contribution in [3.63, 3.8) is 0 Å². The van der Waals surface area contributed by atoms with E-state index in [4.69, 9.17) is 0 Å². The third-order valence-electron chi connectivity index (χ3n) is 3.14. The maximum atomic E-state index is 13.8. The summed E-state index contributed by atoms with van der Waals surface area (Å²) in [4.78, 5) is 30.8. The molecule has 0 aliphatic heterocycles. The highest BCUT2D eigenvalue weighted by Crippen LogP contribution is 2.13. The van der Waals surface area contributed by atoms with Crippen LogP contribution in [0.4, 0.5) is 10.1 Å². The van der Waals surface area contributed by atoms with Crippen LogP contribution in [-0.4, -0.2) is 21.6 Å². The number of rotatable bonds is 2. The van der Waals surface area contributed by atoms with Crippen molar-refractivity contribution < 1.29 is 4.39 Å². The molecule has 0 aliphatic carbocycles. The summed E-state index contributed by atoms with van der Waals surface area (Å²) >= 11 is 0. The second-order valence-corrected chi connectivity index (χ2v) is 4.39. The van der Waals surface area contributed by atoms with Crippen molar-refractivity contribution in [2.75, 3.05) is 12.4 Å². The zero-order valence-electron chi connectivity index (χ0n) is 11.1. The summed E-state index contributed by atoms with van der Waals surface area (Å²) in [5.41, 5.74) is -0.226. The van der Waals surface area contributed by atoms with E-state index in [2.05, 4.69) is 15.3 Å². The summed E-state index contributed by atoms with van der Waals surface area (Å²) in [6.45, 7) is 0. The van der Waals surface area contributed by atoms with Crippen LogP contribution in [0.25, 0.3) is 16.7 Å². The Morgan fingerprint density at radius 2 is 2.10 bits per heavy atom. The van der Waals surface area contributed by atoms with Crippen LogP contribution >= 0.6 is 0 Å². The Balaban J connectivity index is 2.39. The molecule has 0 spiro atoms. The number of H-pyrrole nitrogens is 1. The van der Waals surface area contributed by atoms with E-state index in [0.29, 0.717) is 10.1 Å². The maximum Gasteiger partial charge on any atom is 0.334 e. The van der Waals surface area contributed by atoms with Crippen LogP contribution in [0.2, 0.25) is 0 Å². The number of hydrogen-bond donors (Lipinski definition) is 2. The van der Waals surface area contributed by atoms with E-state index in [1.165, 1.54) is 12.3 Å². The highest BCUT2D eigenvalue weighted by atomic mass is 19.1. The van der Waals surface area contributed by atoms with Crippen molar-refractivity contribution in [3.05, 3.63) is 63.2 Å². The SMILES string of the molecule is CNc1ccc2c(=O)n(-c3ncccc3F)c(=O)[nH]c2c1. The molecule has 0 saturated carbocycles. The minimum Gasteiger partial charge on any atom is -0.388 e. The molecular formula is C14H11FN4O2. The van der Waals surface area contributed by atoms with Gasteiger partial charge >= 0.3 is 5.69 Å². The normalized spacial score (nSPS) is 10.8. The number of nitrogens with one attached hydrogen (secondary N) is 2. The van der Waals surface area contributed by atoms with Gasteiger partial charge in [0.25, 0.3) is 5.56 Å². The molecule has 106 valence electrons. The van der Waals surface area contributed by atoms with Gasteiger partial charge in [-0.3, -0.25) is 4.79 Å². The molecule has 0 bridgehead atoms. The van der Waals surface area contributed by atoms with Crippen molar-refractivity contribution >= 4 is 16.6 Å². The summed E-state index contributed by atoms with van der Waals surface area (Å²) in [6, 6.07) is 7.43. The third-order valence-corrected chi connectivity index (χ3v) is 3.14. The minimum absolute atomic E-state index is 0.277. The van der Waals surface area contributed by atoms with E-state index in [1.807, 2.05) is 0 Å². The molecule has 0 fully saturated rings. The molecule has 0 radical (unpaired) electrons. The zero-order valence-corrected chi connectivity index (χ0v) is 11.1. The van der Waals surface area contributed by atoms with Crippen molar-refractivity contribution in [1.82, 2.24) is 14.5 Å². The fraction of sp³-hybridized carbons (Fsp3) is 0.0714. The van der Waals surface area contributed by atoms with Gasteiger partial charge in [-0.05, 0) is 30.3 Å². The number of hydrogen-bond acceptors (Lipinski definition) is 4. The van der Waals surface area contributed by atoms with E-state index in [9.17, 15) is 14.0 Å². The Morgan fingerprint density at radius 3 is 2.81 bits per heavy atom. The number of aromatic nitrogens is 3. The van der Waals surface area contributed by atoms with Crippen LogP contribution in [0.3, 0.4) is 0 Å². The second kappa shape index (κ2) is 4.86. The first-order valence-corrected chi connectivity index (χ1v) is 6.19. The van der Waals surface area contributed by atoms with E-state index >= 15 is 0 Å². The standard InChI is InChI=1S/C14H11FN4O2/c1-16-8-4-5-9-11(7-8)18-14(21)19(13(9)20)12-10(15)3-2-6-17-12/h2-7,16H,1H3,(H,18,21). The number of pyridine rings is 1. The fourth-order valence-electron chi connectivity index (χ4n) is 2.11. The van der Waals surface area contributed by atoms with Crippen molar-refractivity contribution in [1.29, 1.82) is 0 Å². The number of aromatic amines is 1. The fourth-order valence-corrected chi connectivity index (χ4v) is 2.11. The van der Waals surface area contributed by atoms with Crippen molar-refractivity contribution in [3.8, 4) is 5.82 Å². The van der Waals surface area contributed by atoms with E-state index in [-0.39, 0.29) is 11.2 Å². The van der Waals surface area contributed by atoms with Gasteiger partial charge in [0.15, 0.2) is 11.6 Å². The van der Waals surface area contributed by atoms with E-state index in [0.717, 1.165) is 11.8 Å². The Bertz CT molecular complexity index is 946. The monoisotopic (exact) mass is 286 g/mol. The second-order valence-electron chi connectivity index (χ2n) is 4.39. The van der Waals surface area contributed by atoms with Gasteiger partial charge in [-0.25, -0.2) is 18.7 Å². The quantitative estimate of drug-likeness (QED) is 0.743. The highest BCUT2D eigenvalue weighted by molar-refractivity contribution is 5.81. The number of benzene rings is 1. The van der Waals surface area contributed by atoms with E-state index in [1.54, 1.807) is 25.2 Å². The molecule has 7 heteroatoms. The summed E-state index contributed by atoms with van der Waals surface area (Å²) in [5.74, 6) is -1.06. The van der Waals surface area contributed by atoms with Gasteiger partial charge in [0.1, 0.15) is 0 Å². The molecule has 0 amide bonds. The lowest BCUT2D eigenvalue weighted by molar-refractivity contribution is 0.603. The molecule has 21 heavy (non-hydrogen) atoms. The van der Waals surface area contributed by atoms with Gasteiger partial charge in [-0.15, -0.1) is 0 Å². The van der Waals surface area contributed by atoms with E-state index < -0.39 is 17.1 Å². The molecule has 3 rings (SSSR count). The first kappa shape index (κ1) is 13.0. The van der Waals surface area contributed by atoms with Gasteiger partial charge in [0.2, 0.25) is 0 Å². The number of fused-ring (bicyclic) bond motifs is 1. The number of halogens is 1. The lowest BCUT2D eigenvalue weighted by atomic mass is 10.2. The average Bonchev–Trinajstić information content (AvgIpc) is 2.48. The van der Waals surface area contributed by atoms with Crippen LogP contribution in [0.15, 0.2) is 46.1 Å². The summed E-state index contributed by atoms with van der Waals surface area (Å²) < 4.78 is 14.5. The minimum atomic E-state index is -0.740. The van der Waals surface area contributed by atoms with Gasteiger partial charge < -0.3 is 10.3 Å². The summed E-state index contributed by atoms with van der Waals surface area (Å²) in [6.07, 6.45) is 1.32. The smallest absolute Gasteiger partial charge is 0.334 e. The summed E-state index contributed by atoms with van der Waals surface area (Å²) in [7, 11) is 1.73. The van der Waals surface area contributed by atoms with Crippen molar-refractivity contribution in [2.45, 2.75) is 0 Å². The molecular weight excluding hydrogens is 275 g/mol. The molecule has 0 unspecified atom stereocenters. The molecule has 0 saturated heterocycles. The van der Waals surface area contributed by atoms with Crippen LogP contribution in [0.1, 0.15) is 0 Å². The Hall–Kier alpha value is -2.96. The van der Waals surface area contributed by atoms with Crippen LogP contribution < -0.4 is 16.6 Å². The highest BCUT2D eigenvalue weighted by Gasteiger charge is 2.14. The topological polar surface area (TPSA) is 79.8 Å². The lowest BCUT2D eigenvalue weighted by Crippen LogP contribution is -2.34. The van der Waals surface area contributed by atoms with Gasteiger partial charge in [-0.2, -0.15) is 0 Å². The molecule has 2 aromatic heterocycles. The number of anilines is 1. The van der Waals surface area contributed by atoms with Gasteiger partial charge in [0.05, 0.1) is 10.9 Å². The molecule has 6 nitrogen and oxygen atoms in total. The molecule has 2 N–H and O–H groups in total. The van der Waals surface area contributed by atoms with Crippen LogP contribution in [0, 0.1) is 5.82 Å². The molecule has 0 atom stereocenters. The third kappa shape index (κ3) is 2.08. The zero-order chi connectivity index (χ0) is 15.0.